The second kappa shape index (κ2) is 10.0. The number of hydrogen-bond acceptors (Lipinski definition) is 2. The zero-order chi connectivity index (χ0) is 16.3. The molecule has 0 spiro atoms. The van der Waals surface area contributed by atoms with Crippen LogP contribution in [0.2, 0.25) is 0 Å². The summed E-state index contributed by atoms with van der Waals surface area (Å²) in [5, 5.41) is 0. The molecule has 1 aromatic carbocycles. The number of hydrogen-bond donors (Lipinski definition) is 0. The summed E-state index contributed by atoms with van der Waals surface area (Å²) in [6.45, 7) is 5.22. The van der Waals surface area contributed by atoms with Gasteiger partial charge in [0.25, 0.3) is 0 Å². The molecule has 0 aliphatic rings. The molecule has 0 aliphatic heterocycles. The van der Waals surface area contributed by atoms with Crippen LogP contribution in [-0.2, 0) is 19.3 Å². The van der Waals surface area contributed by atoms with Gasteiger partial charge in [-0.3, -0.25) is 4.98 Å². The van der Waals surface area contributed by atoms with Crippen molar-refractivity contribution in [3.8, 4) is 5.75 Å². The summed E-state index contributed by atoms with van der Waals surface area (Å²) in [7, 11) is 0. The van der Waals surface area contributed by atoms with E-state index in [-0.39, 0.29) is 0 Å². The number of unbranched alkanes of at least 4 members (excludes halogenated alkanes) is 2. The summed E-state index contributed by atoms with van der Waals surface area (Å²) >= 11 is 0. The lowest BCUT2D eigenvalue weighted by Gasteiger charge is -2.07. The third-order valence-corrected chi connectivity index (χ3v) is 4.03. The Balaban J connectivity index is 1.77. The molecule has 124 valence electrons. The van der Waals surface area contributed by atoms with Crippen LogP contribution >= 0.6 is 0 Å². The molecule has 1 aromatic heterocycles. The van der Waals surface area contributed by atoms with Crippen molar-refractivity contribution < 1.29 is 4.74 Å². The molecule has 1 heterocycles. The molecule has 0 radical (unpaired) electrons. The fourth-order valence-corrected chi connectivity index (χ4v) is 2.59. The zero-order valence-corrected chi connectivity index (χ0v) is 14.6. The van der Waals surface area contributed by atoms with Gasteiger partial charge in [0.15, 0.2) is 0 Å². The van der Waals surface area contributed by atoms with Gasteiger partial charge >= 0.3 is 0 Å². The Bertz CT molecular complexity index is 545. The van der Waals surface area contributed by atoms with E-state index in [1.54, 1.807) is 0 Å². The van der Waals surface area contributed by atoms with E-state index in [1.807, 2.05) is 6.20 Å². The maximum absolute atomic E-state index is 5.75. The lowest BCUT2D eigenvalue weighted by atomic mass is 10.1. The lowest BCUT2D eigenvalue weighted by Crippen LogP contribution is -1.98. The minimum Gasteiger partial charge on any atom is -0.494 e. The molecule has 23 heavy (non-hydrogen) atoms. The Kier molecular flexibility index (Phi) is 7.65. The van der Waals surface area contributed by atoms with Crippen LogP contribution in [0, 0.1) is 0 Å². The summed E-state index contributed by atoms with van der Waals surface area (Å²) in [5.74, 6) is 0.982. The standard InChI is InChI=1S/C21H29NO/c1-3-5-6-16-23-21-14-11-18(12-15-21)8-9-19-10-13-20(7-4-2)22-17-19/h10-15,17H,3-9,16H2,1-2H3. The maximum Gasteiger partial charge on any atom is 0.119 e. The van der Waals surface area contributed by atoms with Gasteiger partial charge in [-0.1, -0.05) is 51.3 Å². The number of benzene rings is 1. The van der Waals surface area contributed by atoms with E-state index in [0.29, 0.717) is 0 Å². The van der Waals surface area contributed by atoms with Crippen LogP contribution in [0.5, 0.6) is 5.75 Å². The predicted molar refractivity (Wildman–Crippen MR) is 97.1 cm³/mol. The highest BCUT2D eigenvalue weighted by atomic mass is 16.5. The number of aryl methyl sites for hydroxylation is 3. The van der Waals surface area contributed by atoms with Crippen molar-refractivity contribution in [1.82, 2.24) is 4.98 Å². The highest BCUT2D eigenvalue weighted by Gasteiger charge is 1.99. The summed E-state index contributed by atoms with van der Waals surface area (Å²) in [6, 6.07) is 12.9. The van der Waals surface area contributed by atoms with Gasteiger partial charge in [0.2, 0.25) is 0 Å². The van der Waals surface area contributed by atoms with E-state index in [4.69, 9.17) is 4.74 Å². The minimum absolute atomic E-state index is 0.822. The van der Waals surface area contributed by atoms with E-state index >= 15 is 0 Å². The molecule has 0 amide bonds. The van der Waals surface area contributed by atoms with E-state index < -0.39 is 0 Å². The number of aromatic nitrogens is 1. The average Bonchev–Trinajstić information content (AvgIpc) is 2.59. The Morgan fingerprint density at radius 2 is 1.52 bits per heavy atom. The third-order valence-electron chi connectivity index (χ3n) is 4.03. The van der Waals surface area contributed by atoms with Crippen LogP contribution in [0.3, 0.4) is 0 Å². The molecule has 2 rings (SSSR count). The average molecular weight is 311 g/mol. The van der Waals surface area contributed by atoms with Crippen molar-refractivity contribution in [1.29, 1.82) is 0 Å². The molecule has 0 aliphatic carbocycles. The lowest BCUT2D eigenvalue weighted by molar-refractivity contribution is 0.306. The topological polar surface area (TPSA) is 22.1 Å². The number of nitrogens with zero attached hydrogens (tertiary/aromatic N) is 1. The van der Waals surface area contributed by atoms with E-state index in [1.165, 1.54) is 29.7 Å². The van der Waals surface area contributed by atoms with Gasteiger partial charge in [0.1, 0.15) is 5.75 Å². The van der Waals surface area contributed by atoms with Crippen LogP contribution in [0.4, 0.5) is 0 Å². The largest absolute Gasteiger partial charge is 0.494 e. The molecule has 0 atom stereocenters. The molecule has 2 aromatic rings. The van der Waals surface area contributed by atoms with Crippen molar-refractivity contribution in [3.63, 3.8) is 0 Å². The number of pyridine rings is 1. The summed E-state index contributed by atoms with van der Waals surface area (Å²) in [5.41, 5.74) is 3.86. The summed E-state index contributed by atoms with van der Waals surface area (Å²) < 4.78 is 5.75. The van der Waals surface area contributed by atoms with Crippen molar-refractivity contribution in [2.45, 2.75) is 58.8 Å². The normalized spacial score (nSPS) is 10.7. The molecule has 0 fully saturated rings. The molecule has 0 unspecified atom stereocenters. The molecule has 0 saturated heterocycles. The minimum atomic E-state index is 0.822. The van der Waals surface area contributed by atoms with Gasteiger partial charge in [-0.05, 0) is 55.0 Å². The molecule has 0 bridgehead atoms. The van der Waals surface area contributed by atoms with Crippen LogP contribution in [0.15, 0.2) is 42.6 Å². The Labute approximate surface area is 140 Å². The van der Waals surface area contributed by atoms with E-state index in [9.17, 15) is 0 Å². The van der Waals surface area contributed by atoms with Gasteiger partial charge in [-0.25, -0.2) is 0 Å². The molecule has 2 nitrogen and oxygen atoms in total. The highest BCUT2D eigenvalue weighted by Crippen LogP contribution is 2.15. The van der Waals surface area contributed by atoms with Gasteiger partial charge in [-0.15, -0.1) is 0 Å². The van der Waals surface area contributed by atoms with Crippen molar-refractivity contribution in [3.05, 3.63) is 59.4 Å². The van der Waals surface area contributed by atoms with Crippen molar-refractivity contribution in [2.75, 3.05) is 6.61 Å². The first-order chi connectivity index (χ1) is 11.3. The summed E-state index contributed by atoms with van der Waals surface area (Å²) in [4.78, 5) is 4.52. The second-order valence-electron chi connectivity index (χ2n) is 6.11. The van der Waals surface area contributed by atoms with Gasteiger partial charge in [0, 0.05) is 11.9 Å². The monoisotopic (exact) mass is 311 g/mol. The third kappa shape index (κ3) is 6.43. The van der Waals surface area contributed by atoms with Gasteiger partial charge < -0.3 is 4.74 Å². The van der Waals surface area contributed by atoms with Crippen LogP contribution < -0.4 is 4.74 Å². The first kappa shape index (κ1) is 17.5. The van der Waals surface area contributed by atoms with Gasteiger partial charge in [-0.2, -0.15) is 0 Å². The molecule has 0 N–H and O–H groups in total. The molecular weight excluding hydrogens is 282 g/mol. The Hall–Kier alpha value is -1.83. The fourth-order valence-electron chi connectivity index (χ4n) is 2.59. The van der Waals surface area contributed by atoms with Crippen LogP contribution in [0.25, 0.3) is 0 Å². The summed E-state index contributed by atoms with van der Waals surface area (Å²) in [6.07, 6.45) is 9.94. The van der Waals surface area contributed by atoms with E-state index in [2.05, 4.69) is 55.2 Å². The predicted octanol–water partition coefficient (Wildman–Crippen LogP) is 5.39. The molecular formula is C21H29NO. The van der Waals surface area contributed by atoms with E-state index in [0.717, 1.165) is 44.5 Å². The smallest absolute Gasteiger partial charge is 0.119 e. The van der Waals surface area contributed by atoms with Crippen molar-refractivity contribution >= 4 is 0 Å². The Morgan fingerprint density at radius 3 is 2.17 bits per heavy atom. The van der Waals surface area contributed by atoms with Crippen LogP contribution in [-0.4, -0.2) is 11.6 Å². The molecule has 2 heteroatoms. The first-order valence-corrected chi connectivity index (χ1v) is 8.97. The molecule has 0 saturated carbocycles. The fraction of sp³-hybridized carbons (Fsp3) is 0.476. The second-order valence-corrected chi connectivity index (χ2v) is 6.11. The van der Waals surface area contributed by atoms with Crippen LogP contribution in [0.1, 0.15) is 56.4 Å². The quantitative estimate of drug-likeness (QED) is 0.549. The van der Waals surface area contributed by atoms with Crippen molar-refractivity contribution in [2.24, 2.45) is 0 Å². The zero-order valence-electron chi connectivity index (χ0n) is 14.6. The number of ether oxygens (including phenoxy) is 1. The van der Waals surface area contributed by atoms with Gasteiger partial charge in [0.05, 0.1) is 6.61 Å². The first-order valence-electron chi connectivity index (χ1n) is 8.97. The highest BCUT2D eigenvalue weighted by molar-refractivity contribution is 5.28. The SMILES string of the molecule is CCCCCOc1ccc(CCc2ccc(CCC)nc2)cc1. The Morgan fingerprint density at radius 1 is 0.783 bits per heavy atom. The number of rotatable bonds is 10. The maximum atomic E-state index is 5.75.